The van der Waals surface area contributed by atoms with E-state index in [9.17, 15) is 4.79 Å². The van der Waals surface area contributed by atoms with Crippen LogP contribution in [-0.4, -0.2) is 0 Å². The summed E-state index contributed by atoms with van der Waals surface area (Å²) in [4.78, 5) is 12.5. The molecule has 0 spiro atoms. The summed E-state index contributed by atoms with van der Waals surface area (Å²) in [6, 6.07) is 12.4. The lowest BCUT2D eigenvalue weighted by Crippen LogP contribution is -2.04. The first kappa shape index (κ1) is 12.3. The predicted octanol–water partition coefficient (Wildman–Crippen LogP) is 4.77. The van der Waals surface area contributed by atoms with Crippen molar-refractivity contribution in [2.45, 2.75) is 0 Å². The number of benzene rings is 2. The fraction of sp³-hybridized carbons (Fsp3) is 0. The third kappa shape index (κ3) is 2.14. The Bertz CT molecular complexity index is 807. The van der Waals surface area contributed by atoms with Gasteiger partial charge in [0.25, 0.3) is 0 Å². The molecule has 0 saturated heterocycles. The molecule has 0 unspecified atom stereocenters. The molecule has 2 nitrogen and oxygen atoms in total. The van der Waals surface area contributed by atoms with Crippen LogP contribution in [0.25, 0.3) is 22.1 Å². The minimum absolute atomic E-state index is 0.142. The minimum atomic E-state index is -0.142. The normalized spacial score (nSPS) is 10.8. The summed E-state index contributed by atoms with van der Waals surface area (Å²) in [6.45, 7) is 0. The number of halogens is 2. The summed E-state index contributed by atoms with van der Waals surface area (Å²) < 4.78 is 5.47. The minimum Gasteiger partial charge on any atom is -0.462 e. The second-order valence-corrected chi connectivity index (χ2v) is 4.95. The molecule has 3 rings (SSSR count). The van der Waals surface area contributed by atoms with Crippen LogP contribution in [0, 0.1) is 0 Å². The molecule has 0 aliphatic heterocycles. The summed E-state index contributed by atoms with van der Waals surface area (Å²) >= 11 is 11.9. The molecule has 0 fully saturated rings. The molecule has 0 radical (unpaired) electrons. The highest BCUT2D eigenvalue weighted by Crippen LogP contribution is 2.28. The topological polar surface area (TPSA) is 30.2 Å². The van der Waals surface area contributed by atoms with E-state index >= 15 is 0 Å². The molecule has 4 heteroatoms. The van der Waals surface area contributed by atoms with E-state index in [4.69, 9.17) is 27.6 Å². The van der Waals surface area contributed by atoms with Gasteiger partial charge in [0.15, 0.2) is 5.58 Å². The molecular weight excluding hydrogens is 283 g/mol. The average Bonchev–Trinajstić information content (AvgIpc) is 2.41. The zero-order valence-electron chi connectivity index (χ0n) is 9.69. The standard InChI is InChI=1S/C15H8Cl2O2/c16-10-6-11-14(18)12(9-4-2-1-3-5-9)8-19-15(11)13(17)7-10/h1-8H. The molecule has 1 heterocycles. The van der Waals surface area contributed by atoms with Crippen molar-refractivity contribution in [2.75, 3.05) is 0 Å². The van der Waals surface area contributed by atoms with Crippen molar-refractivity contribution < 1.29 is 4.42 Å². The van der Waals surface area contributed by atoms with E-state index in [1.165, 1.54) is 6.26 Å². The summed E-state index contributed by atoms with van der Waals surface area (Å²) in [5.74, 6) is 0. The number of fused-ring (bicyclic) bond motifs is 1. The maximum atomic E-state index is 12.5. The molecule has 0 aliphatic carbocycles. The van der Waals surface area contributed by atoms with Crippen molar-refractivity contribution in [3.05, 3.63) is 69.0 Å². The molecule has 0 aliphatic rings. The van der Waals surface area contributed by atoms with Crippen LogP contribution in [0.3, 0.4) is 0 Å². The number of hydrogen-bond donors (Lipinski definition) is 0. The molecule has 2 aromatic carbocycles. The summed E-state index contributed by atoms with van der Waals surface area (Å²) in [5, 5.41) is 1.13. The van der Waals surface area contributed by atoms with Gasteiger partial charge in [-0.05, 0) is 17.7 Å². The SMILES string of the molecule is O=c1c(-c2ccccc2)coc2c(Cl)cc(Cl)cc12. The van der Waals surface area contributed by atoms with Crippen molar-refractivity contribution >= 4 is 34.2 Å². The summed E-state index contributed by atoms with van der Waals surface area (Å²) in [6.07, 6.45) is 1.43. The molecule has 0 atom stereocenters. The summed E-state index contributed by atoms with van der Waals surface area (Å²) in [5.41, 5.74) is 1.51. The first-order chi connectivity index (χ1) is 9.16. The van der Waals surface area contributed by atoms with E-state index in [0.29, 0.717) is 26.6 Å². The van der Waals surface area contributed by atoms with Gasteiger partial charge in [-0.1, -0.05) is 53.5 Å². The van der Waals surface area contributed by atoms with Crippen molar-refractivity contribution in [2.24, 2.45) is 0 Å². The zero-order chi connectivity index (χ0) is 13.4. The van der Waals surface area contributed by atoms with Crippen molar-refractivity contribution in [1.82, 2.24) is 0 Å². The van der Waals surface area contributed by atoms with Gasteiger partial charge in [-0.25, -0.2) is 0 Å². The maximum Gasteiger partial charge on any atom is 0.200 e. The van der Waals surface area contributed by atoms with Crippen molar-refractivity contribution in [3.8, 4) is 11.1 Å². The zero-order valence-corrected chi connectivity index (χ0v) is 11.2. The smallest absolute Gasteiger partial charge is 0.200 e. The van der Waals surface area contributed by atoms with Crippen LogP contribution in [0.1, 0.15) is 0 Å². The van der Waals surface area contributed by atoms with Crippen LogP contribution in [0.5, 0.6) is 0 Å². The molecule has 19 heavy (non-hydrogen) atoms. The molecule has 0 amide bonds. The van der Waals surface area contributed by atoms with Gasteiger partial charge in [0.1, 0.15) is 6.26 Å². The largest absolute Gasteiger partial charge is 0.462 e. The molecule has 0 saturated carbocycles. The Balaban J connectivity index is 2.36. The average molecular weight is 291 g/mol. The van der Waals surface area contributed by atoms with Crippen LogP contribution >= 0.6 is 23.2 Å². The molecule has 0 bridgehead atoms. The Morgan fingerprint density at radius 3 is 2.47 bits per heavy atom. The Hall–Kier alpha value is -1.77. The first-order valence-electron chi connectivity index (χ1n) is 5.63. The Kier molecular flexibility index (Phi) is 3.05. The highest BCUT2D eigenvalue weighted by molar-refractivity contribution is 6.38. The third-order valence-electron chi connectivity index (χ3n) is 2.88. The molecule has 3 aromatic rings. The lowest BCUT2D eigenvalue weighted by Gasteiger charge is -2.04. The number of rotatable bonds is 1. The second-order valence-electron chi connectivity index (χ2n) is 4.11. The second kappa shape index (κ2) is 4.72. The fourth-order valence-electron chi connectivity index (χ4n) is 1.98. The predicted molar refractivity (Wildman–Crippen MR) is 77.9 cm³/mol. The highest BCUT2D eigenvalue weighted by atomic mass is 35.5. The van der Waals surface area contributed by atoms with Crippen LogP contribution in [0.4, 0.5) is 0 Å². The lowest BCUT2D eigenvalue weighted by molar-refractivity contribution is 0.605. The van der Waals surface area contributed by atoms with Crippen LogP contribution < -0.4 is 5.43 Å². The molecule has 1 aromatic heterocycles. The Morgan fingerprint density at radius 1 is 1.00 bits per heavy atom. The maximum absolute atomic E-state index is 12.5. The molecule has 94 valence electrons. The van der Waals surface area contributed by atoms with Gasteiger partial charge < -0.3 is 4.42 Å². The quantitative estimate of drug-likeness (QED) is 0.646. The summed E-state index contributed by atoms with van der Waals surface area (Å²) in [7, 11) is 0. The monoisotopic (exact) mass is 290 g/mol. The van der Waals surface area contributed by atoms with Crippen LogP contribution in [-0.2, 0) is 0 Å². The number of hydrogen-bond acceptors (Lipinski definition) is 2. The highest BCUT2D eigenvalue weighted by Gasteiger charge is 2.12. The fourth-order valence-corrected chi connectivity index (χ4v) is 2.52. The van der Waals surface area contributed by atoms with Crippen molar-refractivity contribution in [1.29, 1.82) is 0 Å². The van der Waals surface area contributed by atoms with E-state index in [-0.39, 0.29) is 5.43 Å². The van der Waals surface area contributed by atoms with E-state index in [2.05, 4.69) is 0 Å². The van der Waals surface area contributed by atoms with Crippen molar-refractivity contribution in [3.63, 3.8) is 0 Å². The van der Waals surface area contributed by atoms with Gasteiger partial charge in [-0.2, -0.15) is 0 Å². The van der Waals surface area contributed by atoms with E-state index < -0.39 is 0 Å². The Labute approximate surface area is 119 Å². The van der Waals surface area contributed by atoms with Gasteiger partial charge in [-0.15, -0.1) is 0 Å². The van der Waals surface area contributed by atoms with Gasteiger partial charge in [0.05, 0.1) is 16.0 Å². The van der Waals surface area contributed by atoms with E-state index in [1.54, 1.807) is 12.1 Å². The van der Waals surface area contributed by atoms with E-state index in [0.717, 1.165) is 5.56 Å². The third-order valence-corrected chi connectivity index (χ3v) is 3.38. The molecular formula is C15H8Cl2O2. The molecule has 0 N–H and O–H groups in total. The van der Waals surface area contributed by atoms with Gasteiger partial charge in [0.2, 0.25) is 5.43 Å². The van der Waals surface area contributed by atoms with E-state index in [1.807, 2.05) is 30.3 Å². The van der Waals surface area contributed by atoms with Crippen LogP contribution in [0.15, 0.2) is 57.9 Å². The lowest BCUT2D eigenvalue weighted by atomic mass is 10.1. The first-order valence-corrected chi connectivity index (χ1v) is 6.38. The van der Waals surface area contributed by atoms with Gasteiger partial charge in [0, 0.05) is 5.02 Å². The Morgan fingerprint density at radius 2 is 1.74 bits per heavy atom. The van der Waals surface area contributed by atoms with Crippen LogP contribution in [0.2, 0.25) is 10.0 Å². The van der Waals surface area contributed by atoms with Gasteiger partial charge in [-0.3, -0.25) is 4.79 Å². The van der Waals surface area contributed by atoms with Gasteiger partial charge >= 0.3 is 0 Å².